The molecule has 8 aromatic rings. The Kier molecular flexibility index (Phi) is 7.21. The molecule has 1 atom stereocenters. The van der Waals surface area contributed by atoms with Crippen molar-refractivity contribution in [1.82, 2.24) is 0 Å². The summed E-state index contributed by atoms with van der Waals surface area (Å²) < 4.78 is 6.49. The van der Waals surface area contributed by atoms with Crippen molar-refractivity contribution in [2.75, 3.05) is 4.90 Å². The Morgan fingerprint density at radius 1 is 0.490 bits per heavy atom. The lowest BCUT2D eigenvalue weighted by Gasteiger charge is -2.26. The third-order valence-electron chi connectivity index (χ3n) is 9.90. The number of furan rings is 1. The SMILES string of the molecule is C[C@@H]1CC=C(c2ccc(N(c3ccc(-c4cccc(-c5ccccc5)c4)cc3)c3ccc4ccccc4c3)cc2)c2oc3ccccc3c21. The summed E-state index contributed by atoms with van der Waals surface area (Å²) in [7, 11) is 0. The van der Waals surface area contributed by atoms with Crippen LogP contribution in [0.1, 0.15) is 36.1 Å². The molecule has 7 aromatic carbocycles. The van der Waals surface area contributed by atoms with E-state index in [9.17, 15) is 0 Å². The van der Waals surface area contributed by atoms with E-state index in [0.29, 0.717) is 5.92 Å². The summed E-state index contributed by atoms with van der Waals surface area (Å²) >= 11 is 0. The maximum atomic E-state index is 6.49. The molecule has 0 radical (unpaired) electrons. The Morgan fingerprint density at radius 3 is 1.84 bits per heavy atom. The van der Waals surface area contributed by atoms with Gasteiger partial charge in [-0.1, -0.05) is 134 Å². The Hall–Kier alpha value is -6.12. The van der Waals surface area contributed by atoms with Gasteiger partial charge in [-0.25, -0.2) is 0 Å². The summed E-state index contributed by atoms with van der Waals surface area (Å²) in [5.74, 6) is 1.43. The van der Waals surface area contributed by atoms with Crippen LogP contribution in [0.25, 0.3) is 49.6 Å². The normalized spacial score (nSPS) is 14.1. The molecule has 1 heterocycles. The van der Waals surface area contributed by atoms with Gasteiger partial charge in [0.1, 0.15) is 11.3 Å². The predicted molar refractivity (Wildman–Crippen MR) is 206 cm³/mol. The quantitative estimate of drug-likeness (QED) is 0.182. The summed E-state index contributed by atoms with van der Waals surface area (Å²) in [6, 6.07) is 61.0. The van der Waals surface area contributed by atoms with Crippen molar-refractivity contribution in [3.63, 3.8) is 0 Å². The zero-order chi connectivity index (χ0) is 32.7. The van der Waals surface area contributed by atoms with Crippen LogP contribution in [0.5, 0.6) is 0 Å². The molecule has 1 aliphatic carbocycles. The van der Waals surface area contributed by atoms with Crippen LogP contribution in [0.2, 0.25) is 0 Å². The van der Waals surface area contributed by atoms with Crippen molar-refractivity contribution in [3.8, 4) is 22.3 Å². The number of benzene rings is 7. The summed E-state index contributed by atoms with van der Waals surface area (Å²) in [5.41, 5.74) is 12.8. The number of anilines is 3. The third kappa shape index (κ3) is 5.32. The summed E-state index contributed by atoms with van der Waals surface area (Å²) in [5, 5.41) is 3.68. The standard InChI is InChI=1S/C47H35NO/c1-32-18-29-43(47-46(32)44-16-7-8-17-45(44)49-47)36-22-26-41(27-23-36)48(42-28-21-34-12-5-6-13-39(34)31-42)40-24-19-35(20-25-40)38-15-9-14-37(30-38)33-10-3-2-4-11-33/h2-17,19-32H,18H2,1H3/t32-/m1/s1. The van der Waals surface area contributed by atoms with Crippen LogP contribution in [-0.4, -0.2) is 0 Å². The number of hydrogen-bond donors (Lipinski definition) is 0. The van der Waals surface area contributed by atoms with E-state index >= 15 is 0 Å². The molecular formula is C47H35NO. The van der Waals surface area contributed by atoms with E-state index in [1.54, 1.807) is 0 Å². The Bertz CT molecular complexity index is 2470. The van der Waals surface area contributed by atoms with E-state index in [1.165, 1.54) is 55.1 Å². The van der Waals surface area contributed by atoms with Crippen LogP contribution in [0.15, 0.2) is 180 Å². The lowest BCUT2D eigenvalue weighted by atomic mass is 9.85. The van der Waals surface area contributed by atoms with E-state index in [1.807, 2.05) is 0 Å². The van der Waals surface area contributed by atoms with Crippen LogP contribution >= 0.6 is 0 Å². The largest absolute Gasteiger partial charge is 0.456 e. The zero-order valence-electron chi connectivity index (χ0n) is 27.4. The molecule has 0 saturated carbocycles. The molecule has 1 aromatic heterocycles. The second-order valence-electron chi connectivity index (χ2n) is 13.0. The highest BCUT2D eigenvalue weighted by Crippen LogP contribution is 2.44. The second-order valence-corrected chi connectivity index (χ2v) is 13.0. The van der Waals surface area contributed by atoms with Gasteiger partial charge in [0, 0.05) is 33.6 Å². The topological polar surface area (TPSA) is 16.4 Å². The van der Waals surface area contributed by atoms with Crippen molar-refractivity contribution < 1.29 is 4.42 Å². The first-order valence-corrected chi connectivity index (χ1v) is 17.1. The van der Waals surface area contributed by atoms with E-state index in [4.69, 9.17) is 4.42 Å². The molecule has 0 aliphatic heterocycles. The van der Waals surface area contributed by atoms with Gasteiger partial charge in [-0.2, -0.15) is 0 Å². The lowest BCUT2D eigenvalue weighted by Crippen LogP contribution is -2.10. The molecule has 0 spiro atoms. The molecule has 234 valence electrons. The third-order valence-corrected chi connectivity index (χ3v) is 9.90. The van der Waals surface area contributed by atoms with E-state index in [2.05, 4.69) is 188 Å². The predicted octanol–water partition coefficient (Wildman–Crippen LogP) is 13.3. The second kappa shape index (κ2) is 12.2. The molecule has 0 bridgehead atoms. The number of allylic oxidation sites excluding steroid dienone is 1. The van der Waals surface area contributed by atoms with Gasteiger partial charge in [0.2, 0.25) is 0 Å². The first-order chi connectivity index (χ1) is 24.2. The summed E-state index contributed by atoms with van der Waals surface area (Å²) in [6.07, 6.45) is 3.34. The average molecular weight is 630 g/mol. The fourth-order valence-electron chi connectivity index (χ4n) is 7.37. The van der Waals surface area contributed by atoms with Crippen LogP contribution in [-0.2, 0) is 0 Å². The fraction of sp³-hybridized carbons (Fsp3) is 0.0638. The van der Waals surface area contributed by atoms with Gasteiger partial charge in [0.25, 0.3) is 0 Å². The van der Waals surface area contributed by atoms with Gasteiger partial charge < -0.3 is 9.32 Å². The monoisotopic (exact) mass is 629 g/mol. The highest BCUT2D eigenvalue weighted by Gasteiger charge is 2.26. The molecule has 0 saturated heterocycles. The highest BCUT2D eigenvalue weighted by molar-refractivity contribution is 5.93. The van der Waals surface area contributed by atoms with Crippen LogP contribution < -0.4 is 4.90 Å². The Morgan fingerprint density at radius 2 is 1.08 bits per heavy atom. The number of fused-ring (bicyclic) bond motifs is 4. The molecule has 0 unspecified atom stereocenters. The van der Waals surface area contributed by atoms with Crippen molar-refractivity contribution in [1.29, 1.82) is 0 Å². The molecule has 2 nitrogen and oxygen atoms in total. The van der Waals surface area contributed by atoms with Crippen LogP contribution in [0.4, 0.5) is 17.1 Å². The van der Waals surface area contributed by atoms with Crippen LogP contribution in [0.3, 0.4) is 0 Å². The van der Waals surface area contributed by atoms with Gasteiger partial charge in [0.05, 0.1) is 0 Å². The fourth-order valence-corrected chi connectivity index (χ4v) is 7.37. The molecule has 0 fully saturated rings. The van der Waals surface area contributed by atoms with Crippen LogP contribution in [0, 0.1) is 0 Å². The minimum absolute atomic E-state index is 0.425. The number of rotatable bonds is 6. The Balaban J connectivity index is 1.10. The van der Waals surface area contributed by atoms with Crippen molar-refractivity contribution in [2.45, 2.75) is 19.3 Å². The minimum Gasteiger partial charge on any atom is -0.456 e. The number of hydrogen-bond acceptors (Lipinski definition) is 2. The molecule has 0 amide bonds. The van der Waals surface area contributed by atoms with Gasteiger partial charge in [-0.3, -0.25) is 0 Å². The number of para-hydroxylation sites is 1. The molecule has 1 aliphatic rings. The van der Waals surface area contributed by atoms with E-state index in [-0.39, 0.29) is 0 Å². The van der Waals surface area contributed by atoms with Gasteiger partial charge >= 0.3 is 0 Å². The highest BCUT2D eigenvalue weighted by atomic mass is 16.3. The van der Waals surface area contributed by atoms with Gasteiger partial charge in [-0.15, -0.1) is 0 Å². The van der Waals surface area contributed by atoms with Crippen molar-refractivity contribution in [3.05, 3.63) is 193 Å². The molecule has 49 heavy (non-hydrogen) atoms. The Labute approximate surface area is 287 Å². The maximum absolute atomic E-state index is 6.49. The molecule has 2 heteroatoms. The van der Waals surface area contributed by atoms with Crippen molar-refractivity contribution >= 4 is 44.4 Å². The average Bonchev–Trinajstić information content (AvgIpc) is 3.57. The smallest absolute Gasteiger partial charge is 0.139 e. The maximum Gasteiger partial charge on any atom is 0.139 e. The van der Waals surface area contributed by atoms with Gasteiger partial charge in [-0.05, 0) is 99.5 Å². The molecule has 0 N–H and O–H groups in total. The zero-order valence-corrected chi connectivity index (χ0v) is 27.4. The molecular weight excluding hydrogens is 595 g/mol. The summed E-state index contributed by atoms with van der Waals surface area (Å²) in [4.78, 5) is 2.35. The minimum atomic E-state index is 0.425. The van der Waals surface area contributed by atoms with Gasteiger partial charge in [0.15, 0.2) is 0 Å². The van der Waals surface area contributed by atoms with E-state index in [0.717, 1.165) is 34.8 Å². The van der Waals surface area contributed by atoms with Crippen molar-refractivity contribution in [2.24, 2.45) is 0 Å². The first-order valence-electron chi connectivity index (χ1n) is 17.1. The number of nitrogens with zero attached hydrogens (tertiary/aromatic N) is 1. The van der Waals surface area contributed by atoms with E-state index < -0.39 is 0 Å². The molecule has 9 rings (SSSR count). The summed E-state index contributed by atoms with van der Waals surface area (Å²) in [6.45, 7) is 2.30. The first kappa shape index (κ1) is 29.1. The lowest BCUT2D eigenvalue weighted by molar-refractivity contribution is 0.581.